The summed E-state index contributed by atoms with van der Waals surface area (Å²) in [7, 11) is 0. The largest absolute Gasteiger partial charge is 0.481 e. The monoisotopic (exact) mass is 296 g/mol. The van der Waals surface area contributed by atoms with Crippen LogP contribution < -0.4 is 0 Å². The summed E-state index contributed by atoms with van der Waals surface area (Å²) in [6.07, 6.45) is 6.33. The Kier molecular flexibility index (Phi) is 3.81. The third kappa shape index (κ3) is 2.72. The zero-order valence-electron chi connectivity index (χ0n) is 13.3. The fourth-order valence-corrected chi connectivity index (χ4v) is 4.53. The highest BCUT2D eigenvalue weighted by Gasteiger charge is 2.53. The molecule has 1 N–H and O–H groups in total. The minimum Gasteiger partial charge on any atom is -0.481 e. The van der Waals surface area contributed by atoms with Gasteiger partial charge in [0, 0.05) is 19.6 Å². The van der Waals surface area contributed by atoms with Crippen LogP contribution in [0.5, 0.6) is 0 Å². The molecule has 2 unspecified atom stereocenters. The van der Waals surface area contributed by atoms with Crippen LogP contribution in [0.4, 0.5) is 0 Å². The smallest absolute Gasteiger partial charge is 0.309 e. The summed E-state index contributed by atoms with van der Waals surface area (Å²) in [5, 5.41) is 9.97. The van der Waals surface area contributed by atoms with Gasteiger partial charge in [-0.1, -0.05) is 13.8 Å². The van der Waals surface area contributed by atoms with E-state index < -0.39 is 11.4 Å². The Labute approximate surface area is 127 Å². The van der Waals surface area contributed by atoms with Crippen molar-refractivity contribution in [1.29, 1.82) is 0 Å². The molecule has 3 fully saturated rings. The summed E-state index contributed by atoms with van der Waals surface area (Å²) >= 11 is 0. The zero-order chi connectivity index (χ0) is 15.1. The lowest BCUT2D eigenvalue weighted by Crippen LogP contribution is -2.50. The lowest BCUT2D eigenvalue weighted by Gasteiger charge is -2.49. The molecular weight excluding hydrogens is 268 g/mol. The lowest BCUT2D eigenvalue weighted by atomic mass is 9.57. The van der Waals surface area contributed by atoms with E-state index in [9.17, 15) is 9.90 Å². The number of carboxylic acid groups (broad SMARTS) is 1. The number of rotatable bonds is 2. The summed E-state index contributed by atoms with van der Waals surface area (Å²) in [4.78, 5) is 12.1. The molecule has 2 saturated heterocycles. The van der Waals surface area contributed by atoms with Crippen LogP contribution in [0.2, 0.25) is 0 Å². The summed E-state index contributed by atoms with van der Waals surface area (Å²) in [6, 6.07) is 0. The first kappa shape index (κ1) is 15.3. The maximum absolute atomic E-state index is 12.1. The van der Waals surface area contributed by atoms with Crippen molar-refractivity contribution in [3.05, 3.63) is 0 Å². The van der Waals surface area contributed by atoms with Gasteiger partial charge in [-0.3, -0.25) is 4.79 Å². The van der Waals surface area contributed by atoms with Crippen LogP contribution in [0.3, 0.4) is 0 Å². The van der Waals surface area contributed by atoms with Crippen LogP contribution in [-0.4, -0.2) is 36.5 Å². The highest BCUT2D eigenvalue weighted by molar-refractivity contribution is 5.75. The van der Waals surface area contributed by atoms with Crippen molar-refractivity contribution >= 4 is 5.97 Å². The normalized spacial score (nSPS) is 38.5. The van der Waals surface area contributed by atoms with E-state index in [0.717, 1.165) is 51.6 Å². The average molecular weight is 296 g/mol. The van der Waals surface area contributed by atoms with E-state index in [4.69, 9.17) is 9.47 Å². The third-order valence-corrected chi connectivity index (χ3v) is 6.26. The molecule has 4 heteroatoms. The number of carbonyl (C=O) groups is 1. The fraction of sp³-hybridized carbons (Fsp3) is 0.941. The van der Waals surface area contributed by atoms with Crippen molar-refractivity contribution in [1.82, 2.24) is 0 Å². The van der Waals surface area contributed by atoms with Gasteiger partial charge in [-0.05, 0) is 49.9 Å². The molecule has 1 spiro atoms. The van der Waals surface area contributed by atoms with Gasteiger partial charge in [-0.15, -0.1) is 0 Å². The van der Waals surface area contributed by atoms with Gasteiger partial charge >= 0.3 is 5.97 Å². The summed E-state index contributed by atoms with van der Waals surface area (Å²) < 4.78 is 11.5. The molecule has 3 aliphatic rings. The number of aliphatic carboxylic acids is 1. The molecule has 0 bridgehead atoms. The number of hydrogen-bond acceptors (Lipinski definition) is 3. The number of hydrogen-bond donors (Lipinski definition) is 1. The topological polar surface area (TPSA) is 55.8 Å². The van der Waals surface area contributed by atoms with Gasteiger partial charge in [0.25, 0.3) is 0 Å². The number of carboxylic acids is 1. The van der Waals surface area contributed by atoms with Crippen LogP contribution in [0, 0.1) is 16.7 Å². The molecule has 3 rings (SSSR count). The van der Waals surface area contributed by atoms with Gasteiger partial charge in [-0.2, -0.15) is 0 Å². The van der Waals surface area contributed by atoms with Crippen molar-refractivity contribution in [3.8, 4) is 0 Å². The minimum absolute atomic E-state index is 0.196. The summed E-state index contributed by atoms with van der Waals surface area (Å²) in [5.74, 6) is -0.347. The average Bonchev–Trinajstić information content (AvgIpc) is 2.87. The second-order valence-corrected chi connectivity index (χ2v) is 8.15. The lowest BCUT2D eigenvalue weighted by molar-refractivity contribution is -0.170. The van der Waals surface area contributed by atoms with Crippen LogP contribution in [0.15, 0.2) is 0 Å². The quantitative estimate of drug-likeness (QED) is 0.850. The fourth-order valence-electron chi connectivity index (χ4n) is 4.53. The van der Waals surface area contributed by atoms with Crippen molar-refractivity contribution in [2.24, 2.45) is 16.7 Å². The summed E-state index contributed by atoms with van der Waals surface area (Å²) in [6.45, 7) is 6.60. The molecular formula is C17H28O4. The van der Waals surface area contributed by atoms with Gasteiger partial charge in [0.2, 0.25) is 0 Å². The Balaban J connectivity index is 1.79. The van der Waals surface area contributed by atoms with E-state index in [0.29, 0.717) is 13.2 Å². The highest BCUT2D eigenvalue weighted by atomic mass is 16.6. The van der Waals surface area contributed by atoms with Crippen LogP contribution in [0.25, 0.3) is 0 Å². The van der Waals surface area contributed by atoms with Crippen LogP contribution in [-0.2, 0) is 14.3 Å². The second-order valence-electron chi connectivity index (χ2n) is 8.15. The van der Waals surface area contributed by atoms with Gasteiger partial charge < -0.3 is 14.6 Å². The third-order valence-electron chi connectivity index (χ3n) is 6.26. The molecule has 2 aliphatic heterocycles. The molecule has 21 heavy (non-hydrogen) atoms. The van der Waals surface area contributed by atoms with Gasteiger partial charge in [0.1, 0.15) is 0 Å². The van der Waals surface area contributed by atoms with Crippen molar-refractivity contribution in [2.45, 2.75) is 64.4 Å². The van der Waals surface area contributed by atoms with Gasteiger partial charge in [0.05, 0.1) is 17.6 Å². The first-order valence-electron chi connectivity index (χ1n) is 8.33. The van der Waals surface area contributed by atoms with Crippen LogP contribution in [0.1, 0.15) is 58.8 Å². The van der Waals surface area contributed by atoms with E-state index in [1.54, 1.807) is 0 Å². The molecule has 1 saturated carbocycles. The Morgan fingerprint density at radius 1 is 1.10 bits per heavy atom. The molecule has 0 amide bonds. The second kappa shape index (κ2) is 5.24. The molecule has 120 valence electrons. The van der Waals surface area contributed by atoms with E-state index >= 15 is 0 Å². The molecule has 0 aromatic rings. The highest BCUT2D eigenvalue weighted by Crippen LogP contribution is 2.54. The van der Waals surface area contributed by atoms with Crippen molar-refractivity contribution < 1.29 is 19.4 Å². The Morgan fingerprint density at radius 2 is 1.81 bits per heavy atom. The first-order chi connectivity index (χ1) is 9.88. The van der Waals surface area contributed by atoms with E-state index in [1.165, 1.54) is 0 Å². The molecule has 0 radical (unpaired) electrons. The maximum atomic E-state index is 12.1. The predicted octanol–water partition coefficient (Wildman–Crippen LogP) is 3.24. The molecule has 0 aromatic heterocycles. The number of ether oxygens (including phenoxy) is 2. The SMILES string of the molecule is CC1(C)CCC(C(=O)O)(C2CCOC3(CCOC3)C2)CC1. The molecule has 0 aromatic carbocycles. The standard InChI is InChI=1S/C17H28O4/c1-15(2)4-6-17(7-5-15,14(18)19)13-3-9-21-16(11-13)8-10-20-12-16/h13H,3-12H2,1-2H3,(H,18,19). The van der Waals surface area contributed by atoms with Crippen LogP contribution >= 0.6 is 0 Å². The van der Waals surface area contributed by atoms with Gasteiger partial charge in [0.15, 0.2) is 0 Å². The molecule has 2 atom stereocenters. The predicted molar refractivity (Wildman–Crippen MR) is 79.2 cm³/mol. The van der Waals surface area contributed by atoms with E-state index in [-0.39, 0.29) is 16.9 Å². The van der Waals surface area contributed by atoms with Crippen molar-refractivity contribution in [2.75, 3.05) is 19.8 Å². The maximum Gasteiger partial charge on any atom is 0.309 e. The molecule has 1 aliphatic carbocycles. The van der Waals surface area contributed by atoms with E-state index in [2.05, 4.69) is 13.8 Å². The Bertz CT molecular complexity index is 399. The van der Waals surface area contributed by atoms with E-state index in [1.807, 2.05) is 0 Å². The van der Waals surface area contributed by atoms with Gasteiger partial charge in [-0.25, -0.2) is 0 Å². The van der Waals surface area contributed by atoms with Crippen molar-refractivity contribution in [3.63, 3.8) is 0 Å². The molecule has 2 heterocycles. The minimum atomic E-state index is -0.584. The zero-order valence-corrected chi connectivity index (χ0v) is 13.3. The first-order valence-corrected chi connectivity index (χ1v) is 8.33. The summed E-state index contributed by atoms with van der Waals surface area (Å²) in [5.41, 5.74) is -0.439. The Hall–Kier alpha value is -0.610. The molecule has 4 nitrogen and oxygen atoms in total. The Morgan fingerprint density at radius 3 is 2.38 bits per heavy atom.